The Morgan fingerprint density at radius 2 is 2.08 bits per heavy atom. The number of rotatable bonds is 2. The van der Waals surface area contributed by atoms with E-state index in [2.05, 4.69) is 5.16 Å². The van der Waals surface area contributed by atoms with E-state index < -0.39 is 0 Å². The largest absolute Gasteiger partial charge is 0.496 e. The van der Waals surface area contributed by atoms with Crippen molar-refractivity contribution in [2.24, 2.45) is 5.16 Å². The van der Waals surface area contributed by atoms with Crippen LogP contribution < -0.4 is 4.74 Å². The third-order valence-corrected chi connectivity index (χ3v) is 1.90. The molecule has 1 aromatic carbocycles. The Balaban J connectivity index is 3.29. The first-order valence-corrected chi connectivity index (χ1v) is 4.01. The second kappa shape index (κ2) is 3.94. The summed E-state index contributed by atoms with van der Waals surface area (Å²) in [7, 11) is 1.60. The molecule has 1 N–H and O–H groups in total. The van der Waals surface area contributed by atoms with Crippen LogP contribution in [0.4, 0.5) is 0 Å². The second-order valence-corrected chi connectivity index (χ2v) is 2.94. The van der Waals surface area contributed by atoms with Crippen LogP contribution >= 0.6 is 0 Å². The lowest BCUT2D eigenvalue weighted by atomic mass is 10.1. The molecule has 0 fully saturated rings. The van der Waals surface area contributed by atoms with Crippen molar-refractivity contribution in [1.82, 2.24) is 0 Å². The average molecular weight is 179 g/mol. The Kier molecular flexibility index (Phi) is 2.90. The monoisotopic (exact) mass is 179 g/mol. The standard InChI is InChI=1S/C10H13NO2/c1-7-4-8(2)9(6-11-12)10(5-7)13-3/h4-6,12H,1-3H3/b11-6+. The minimum atomic E-state index is 0.732. The van der Waals surface area contributed by atoms with E-state index in [1.807, 2.05) is 26.0 Å². The smallest absolute Gasteiger partial charge is 0.128 e. The third-order valence-electron chi connectivity index (χ3n) is 1.90. The van der Waals surface area contributed by atoms with Crippen molar-refractivity contribution in [3.63, 3.8) is 0 Å². The van der Waals surface area contributed by atoms with Gasteiger partial charge in [0, 0.05) is 5.56 Å². The highest BCUT2D eigenvalue weighted by Crippen LogP contribution is 2.22. The lowest BCUT2D eigenvalue weighted by Gasteiger charge is -2.08. The first kappa shape index (κ1) is 9.58. The molecule has 3 nitrogen and oxygen atoms in total. The van der Waals surface area contributed by atoms with Crippen LogP contribution in [0.1, 0.15) is 16.7 Å². The predicted molar refractivity (Wildman–Crippen MR) is 51.8 cm³/mol. The van der Waals surface area contributed by atoms with Crippen molar-refractivity contribution in [3.8, 4) is 5.75 Å². The van der Waals surface area contributed by atoms with Gasteiger partial charge < -0.3 is 9.94 Å². The molecule has 0 atom stereocenters. The van der Waals surface area contributed by atoms with E-state index in [1.54, 1.807) is 7.11 Å². The van der Waals surface area contributed by atoms with E-state index in [-0.39, 0.29) is 0 Å². The second-order valence-electron chi connectivity index (χ2n) is 2.94. The summed E-state index contributed by atoms with van der Waals surface area (Å²) in [6, 6.07) is 3.92. The highest BCUT2D eigenvalue weighted by molar-refractivity contribution is 5.85. The van der Waals surface area contributed by atoms with E-state index in [1.165, 1.54) is 6.21 Å². The summed E-state index contributed by atoms with van der Waals surface area (Å²) in [6.45, 7) is 3.95. The summed E-state index contributed by atoms with van der Waals surface area (Å²) in [4.78, 5) is 0. The van der Waals surface area contributed by atoms with Gasteiger partial charge in [0.15, 0.2) is 0 Å². The fraction of sp³-hybridized carbons (Fsp3) is 0.300. The predicted octanol–water partition coefficient (Wildman–Crippen LogP) is 2.12. The zero-order valence-electron chi connectivity index (χ0n) is 8.03. The molecule has 0 bridgehead atoms. The van der Waals surface area contributed by atoms with Crippen molar-refractivity contribution in [3.05, 3.63) is 28.8 Å². The van der Waals surface area contributed by atoms with Gasteiger partial charge in [-0.1, -0.05) is 11.2 Å². The minimum absolute atomic E-state index is 0.732. The maximum absolute atomic E-state index is 8.45. The fourth-order valence-electron chi connectivity index (χ4n) is 1.33. The van der Waals surface area contributed by atoms with E-state index in [0.29, 0.717) is 0 Å². The Bertz CT molecular complexity index is 332. The summed E-state index contributed by atoms with van der Waals surface area (Å²) in [5.41, 5.74) is 2.98. The summed E-state index contributed by atoms with van der Waals surface area (Å²) >= 11 is 0. The van der Waals surface area contributed by atoms with Gasteiger partial charge in [-0.2, -0.15) is 0 Å². The molecule has 0 spiro atoms. The van der Waals surface area contributed by atoms with Gasteiger partial charge in [-0.3, -0.25) is 0 Å². The summed E-state index contributed by atoms with van der Waals surface area (Å²) < 4.78 is 5.16. The molecule has 70 valence electrons. The normalized spacial score (nSPS) is 10.7. The van der Waals surface area contributed by atoms with E-state index in [0.717, 1.165) is 22.4 Å². The minimum Gasteiger partial charge on any atom is -0.496 e. The summed E-state index contributed by atoms with van der Waals surface area (Å²) in [6.07, 6.45) is 1.38. The third kappa shape index (κ3) is 1.99. The molecule has 0 heterocycles. The van der Waals surface area contributed by atoms with Crippen LogP contribution in [0.5, 0.6) is 5.75 Å². The molecule has 1 rings (SSSR count). The van der Waals surface area contributed by atoms with E-state index in [9.17, 15) is 0 Å². The number of methoxy groups -OCH3 is 1. The van der Waals surface area contributed by atoms with Gasteiger partial charge in [-0.25, -0.2) is 0 Å². The van der Waals surface area contributed by atoms with Gasteiger partial charge >= 0.3 is 0 Å². The number of oxime groups is 1. The first-order chi connectivity index (χ1) is 6.19. The highest BCUT2D eigenvalue weighted by Gasteiger charge is 2.04. The van der Waals surface area contributed by atoms with Crippen molar-refractivity contribution >= 4 is 6.21 Å². The summed E-state index contributed by atoms with van der Waals surface area (Å²) in [5, 5.41) is 11.4. The van der Waals surface area contributed by atoms with Crippen LogP contribution in [-0.4, -0.2) is 18.5 Å². The van der Waals surface area contributed by atoms with Crippen LogP contribution in [-0.2, 0) is 0 Å². The van der Waals surface area contributed by atoms with E-state index in [4.69, 9.17) is 9.94 Å². The Labute approximate surface area is 77.6 Å². The SMILES string of the molecule is COc1cc(C)cc(C)c1/C=N/O. The maximum atomic E-state index is 8.45. The number of ether oxygens (including phenoxy) is 1. The molecule has 3 heteroatoms. The van der Waals surface area contributed by atoms with Crippen LogP contribution in [0, 0.1) is 13.8 Å². The molecule has 0 aliphatic rings. The number of aryl methyl sites for hydroxylation is 2. The van der Waals surface area contributed by atoms with Crippen LogP contribution in [0.25, 0.3) is 0 Å². The highest BCUT2D eigenvalue weighted by atomic mass is 16.5. The molecule has 1 aromatic rings. The number of benzene rings is 1. The average Bonchev–Trinajstić information content (AvgIpc) is 2.09. The van der Waals surface area contributed by atoms with Gasteiger partial charge in [0.05, 0.1) is 13.3 Å². The van der Waals surface area contributed by atoms with Crippen molar-refractivity contribution in [1.29, 1.82) is 0 Å². The van der Waals surface area contributed by atoms with Gasteiger partial charge in [-0.15, -0.1) is 0 Å². The van der Waals surface area contributed by atoms with Gasteiger partial charge in [0.1, 0.15) is 5.75 Å². The van der Waals surface area contributed by atoms with Gasteiger partial charge in [-0.05, 0) is 31.0 Å². The quantitative estimate of drug-likeness (QED) is 0.429. The molecule has 0 radical (unpaired) electrons. The van der Waals surface area contributed by atoms with Crippen LogP contribution in [0.3, 0.4) is 0 Å². The lowest BCUT2D eigenvalue weighted by Crippen LogP contribution is -1.95. The lowest BCUT2D eigenvalue weighted by molar-refractivity contribution is 0.321. The van der Waals surface area contributed by atoms with Crippen molar-refractivity contribution in [2.75, 3.05) is 7.11 Å². The number of hydrogen-bond donors (Lipinski definition) is 1. The zero-order chi connectivity index (χ0) is 9.84. The van der Waals surface area contributed by atoms with Crippen molar-refractivity contribution in [2.45, 2.75) is 13.8 Å². The number of hydrogen-bond acceptors (Lipinski definition) is 3. The topological polar surface area (TPSA) is 41.8 Å². The molecule has 0 saturated carbocycles. The molecule has 0 saturated heterocycles. The Hall–Kier alpha value is -1.51. The molecule has 0 aliphatic carbocycles. The molecular weight excluding hydrogens is 166 g/mol. The van der Waals surface area contributed by atoms with Crippen LogP contribution in [0.15, 0.2) is 17.3 Å². The van der Waals surface area contributed by atoms with E-state index >= 15 is 0 Å². The molecule has 13 heavy (non-hydrogen) atoms. The Morgan fingerprint density at radius 1 is 1.38 bits per heavy atom. The van der Waals surface area contributed by atoms with Crippen molar-refractivity contribution < 1.29 is 9.94 Å². The fourth-order valence-corrected chi connectivity index (χ4v) is 1.33. The first-order valence-electron chi connectivity index (χ1n) is 4.01. The zero-order valence-corrected chi connectivity index (χ0v) is 8.03. The molecule has 0 amide bonds. The Morgan fingerprint density at radius 3 is 2.62 bits per heavy atom. The molecular formula is C10H13NO2. The summed E-state index contributed by atoms with van der Waals surface area (Å²) in [5.74, 6) is 0.732. The van der Waals surface area contributed by atoms with Crippen LogP contribution in [0.2, 0.25) is 0 Å². The molecule has 0 unspecified atom stereocenters. The van der Waals surface area contributed by atoms with Gasteiger partial charge in [0.25, 0.3) is 0 Å². The van der Waals surface area contributed by atoms with Gasteiger partial charge in [0.2, 0.25) is 0 Å². The molecule has 0 aliphatic heterocycles. The number of nitrogens with zero attached hydrogens (tertiary/aromatic N) is 1. The molecule has 0 aromatic heterocycles. The maximum Gasteiger partial charge on any atom is 0.128 e.